The lowest BCUT2D eigenvalue weighted by Gasteiger charge is -2.35. The molecule has 0 spiro atoms. The van der Waals surface area contributed by atoms with Gasteiger partial charge in [0.05, 0.1) is 16.3 Å². The Kier molecular flexibility index (Phi) is 9.22. The number of amides is 1. The predicted octanol–water partition coefficient (Wildman–Crippen LogP) is 4.43. The van der Waals surface area contributed by atoms with Crippen LogP contribution in [0.2, 0.25) is 5.02 Å². The van der Waals surface area contributed by atoms with Crippen LogP contribution in [0.15, 0.2) is 30.3 Å². The third-order valence-electron chi connectivity index (χ3n) is 7.78. The highest BCUT2D eigenvalue weighted by Crippen LogP contribution is 2.26. The Labute approximate surface area is 250 Å². The summed E-state index contributed by atoms with van der Waals surface area (Å²) in [5.41, 5.74) is 0.710. The highest BCUT2D eigenvalue weighted by atomic mass is 35.5. The maximum absolute atomic E-state index is 14.4. The minimum atomic E-state index is -0.688. The topological polar surface area (TPSA) is 112 Å². The Morgan fingerprint density at radius 1 is 1.05 bits per heavy atom. The van der Waals surface area contributed by atoms with Crippen LogP contribution in [0.1, 0.15) is 54.0 Å². The molecule has 0 aliphatic carbocycles. The number of hydrogen-bond acceptors (Lipinski definition) is 9. The monoisotopic (exact) mass is 597 g/mol. The number of piperidine rings is 1. The normalized spacial score (nSPS) is 16.5. The number of carbonyl (C=O) groups is 2. The molecule has 2 saturated heterocycles. The van der Waals surface area contributed by atoms with Crippen molar-refractivity contribution in [2.75, 3.05) is 61.3 Å². The molecule has 2 aliphatic rings. The van der Waals surface area contributed by atoms with E-state index in [0.29, 0.717) is 49.9 Å². The number of nitrogens with zero attached hydrogens (tertiary/aromatic N) is 7. The quantitative estimate of drug-likeness (QED) is 0.389. The zero-order chi connectivity index (χ0) is 29.8. The Hall–Kier alpha value is -3.77. The summed E-state index contributed by atoms with van der Waals surface area (Å²) in [4.78, 5) is 41.3. The van der Waals surface area contributed by atoms with Crippen molar-refractivity contribution in [2.24, 2.45) is 0 Å². The van der Waals surface area contributed by atoms with Gasteiger partial charge >= 0.3 is 0 Å². The summed E-state index contributed by atoms with van der Waals surface area (Å²) < 4.78 is 15.8. The standard InChI is InChI=1S/C29H37ClFN9O2/c1-4-26(41)40-25(17-19(3)36-40)33-23-18-24(38-15-13-37(5-2)14-16-38)35-29(34-23)32-20-9-11-39(12-10-20)28(42)21-7-6-8-22(30)27(21)31/h6-8,17-18,20H,4-5,9-16H2,1-3H3,(H2,32,33,34,35). The van der Waals surface area contributed by atoms with Gasteiger partial charge < -0.3 is 25.3 Å². The average molecular weight is 598 g/mol. The number of likely N-dealkylation sites (N-methyl/N-ethyl adjacent to an activating group) is 1. The molecule has 1 amide bonds. The van der Waals surface area contributed by atoms with Crippen LogP contribution < -0.4 is 15.5 Å². The van der Waals surface area contributed by atoms with Gasteiger partial charge in [-0.2, -0.15) is 19.7 Å². The third-order valence-corrected chi connectivity index (χ3v) is 8.07. The van der Waals surface area contributed by atoms with Gasteiger partial charge in [-0.05, 0) is 38.4 Å². The van der Waals surface area contributed by atoms with Crippen molar-refractivity contribution in [1.82, 2.24) is 29.5 Å². The van der Waals surface area contributed by atoms with Crippen LogP contribution in [-0.2, 0) is 0 Å². The van der Waals surface area contributed by atoms with Crippen molar-refractivity contribution in [1.29, 1.82) is 0 Å². The van der Waals surface area contributed by atoms with Crippen molar-refractivity contribution >= 4 is 46.8 Å². The highest BCUT2D eigenvalue weighted by Gasteiger charge is 2.27. The maximum atomic E-state index is 14.4. The molecular formula is C29H37ClFN9O2. The van der Waals surface area contributed by atoms with Crippen molar-refractivity contribution in [3.05, 3.63) is 52.4 Å². The molecule has 4 heterocycles. The fourth-order valence-electron chi connectivity index (χ4n) is 5.33. The van der Waals surface area contributed by atoms with Crippen LogP contribution >= 0.6 is 11.6 Å². The smallest absolute Gasteiger partial charge is 0.256 e. The first kappa shape index (κ1) is 29.7. The molecule has 2 aromatic heterocycles. The van der Waals surface area contributed by atoms with E-state index in [9.17, 15) is 14.0 Å². The number of nitrogens with one attached hydrogen (secondary N) is 2. The van der Waals surface area contributed by atoms with Crippen LogP contribution in [0.5, 0.6) is 0 Å². The van der Waals surface area contributed by atoms with Crippen LogP contribution in [-0.4, -0.2) is 93.2 Å². The molecule has 0 unspecified atom stereocenters. The van der Waals surface area contributed by atoms with Crippen LogP contribution in [0, 0.1) is 12.7 Å². The molecule has 224 valence electrons. The first-order valence-electron chi connectivity index (χ1n) is 14.5. The number of halogens is 2. The highest BCUT2D eigenvalue weighted by molar-refractivity contribution is 6.31. The first-order chi connectivity index (χ1) is 20.2. The number of anilines is 4. The molecule has 0 radical (unpaired) electrons. The minimum absolute atomic E-state index is 0.0140. The second-order valence-electron chi connectivity index (χ2n) is 10.6. The van der Waals surface area contributed by atoms with E-state index < -0.39 is 5.82 Å². The van der Waals surface area contributed by atoms with E-state index in [-0.39, 0.29) is 28.4 Å². The summed E-state index contributed by atoms with van der Waals surface area (Å²) in [6.45, 7) is 11.3. The Morgan fingerprint density at radius 3 is 2.48 bits per heavy atom. The maximum Gasteiger partial charge on any atom is 0.256 e. The molecule has 0 atom stereocenters. The number of aromatic nitrogens is 4. The molecule has 1 aromatic carbocycles. The number of rotatable bonds is 8. The molecule has 2 fully saturated rings. The van der Waals surface area contributed by atoms with Crippen LogP contribution in [0.4, 0.5) is 27.8 Å². The van der Waals surface area contributed by atoms with Gasteiger partial charge in [-0.25, -0.2) is 4.39 Å². The summed E-state index contributed by atoms with van der Waals surface area (Å²) in [5, 5.41) is 11.0. The van der Waals surface area contributed by atoms with Crippen molar-refractivity contribution in [2.45, 2.75) is 46.1 Å². The number of carbonyl (C=O) groups excluding carboxylic acids is 2. The Morgan fingerprint density at radius 2 is 1.79 bits per heavy atom. The fourth-order valence-corrected chi connectivity index (χ4v) is 5.50. The van der Waals surface area contributed by atoms with E-state index in [0.717, 1.165) is 44.2 Å². The summed E-state index contributed by atoms with van der Waals surface area (Å²) >= 11 is 5.89. The Balaban J connectivity index is 1.33. The van der Waals surface area contributed by atoms with E-state index in [1.54, 1.807) is 17.9 Å². The zero-order valence-electron chi connectivity index (χ0n) is 24.2. The lowest BCUT2D eigenvalue weighted by atomic mass is 10.0. The van der Waals surface area contributed by atoms with Gasteiger partial charge in [0.1, 0.15) is 17.5 Å². The first-order valence-corrected chi connectivity index (χ1v) is 14.9. The second-order valence-corrected chi connectivity index (χ2v) is 11.0. The molecular weight excluding hydrogens is 561 g/mol. The SMILES string of the molecule is CCC(=O)n1nc(C)cc1Nc1cc(N2CCN(CC)CC2)nc(NC2CCN(C(=O)c3cccc(Cl)c3F)CC2)n1. The molecule has 5 rings (SSSR count). The van der Waals surface area contributed by atoms with Crippen LogP contribution in [0.3, 0.4) is 0 Å². The predicted molar refractivity (Wildman–Crippen MR) is 161 cm³/mol. The molecule has 13 heteroatoms. The second kappa shape index (κ2) is 13.0. The lowest BCUT2D eigenvalue weighted by molar-refractivity contribution is 0.0713. The van der Waals surface area contributed by atoms with E-state index in [1.165, 1.54) is 16.8 Å². The van der Waals surface area contributed by atoms with Crippen molar-refractivity contribution < 1.29 is 14.0 Å². The fraction of sp³-hybridized carbons (Fsp3) is 0.483. The van der Waals surface area contributed by atoms with Gasteiger partial charge in [0.25, 0.3) is 5.91 Å². The van der Waals surface area contributed by atoms with Gasteiger partial charge in [0, 0.05) is 63.9 Å². The minimum Gasteiger partial charge on any atom is -0.354 e. The van der Waals surface area contributed by atoms with E-state index in [2.05, 4.69) is 32.5 Å². The zero-order valence-corrected chi connectivity index (χ0v) is 25.0. The molecule has 0 bridgehead atoms. The molecule has 42 heavy (non-hydrogen) atoms. The van der Waals surface area contributed by atoms with Crippen molar-refractivity contribution in [3.8, 4) is 0 Å². The number of benzene rings is 1. The molecule has 2 N–H and O–H groups in total. The largest absolute Gasteiger partial charge is 0.354 e. The Bertz CT molecular complexity index is 1430. The lowest BCUT2D eigenvalue weighted by Crippen LogP contribution is -2.46. The van der Waals surface area contributed by atoms with E-state index in [4.69, 9.17) is 21.6 Å². The van der Waals surface area contributed by atoms with Gasteiger partial charge in [-0.1, -0.05) is 31.5 Å². The molecule has 2 aliphatic heterocycles. The average Bonchev–Trinajstić information content (AvgIpc) is 3.37. The summed E-state index contributed by atoms with van der Waals surface area (Å²) in [6.07, 6.45) is 1.62. The van der Waals surface area contributed by atoms with Gasteiger partial charge in [0.2, 0.25) is 11.9 Å². The number of hydrogen-bond donors (Lipinski definition) is 2. The third kappa shape index (κ3) is 6.65. The van der Waals surface area contributed by atoms with Crippen molar-refractivity contribution in [3.63, 3.8) is 0 Å². The molecule has 3 aromatic rings. The van der Waals surface area contributed by atoms with Gasteiger partial charge in [0.15, 0.2) is 5.82 Å². The summed E-state index contributed by atoms with van der Waals surface area (Å²) in [5.74, 6) is 1.18. The number of likely N-dealkylation sites (tertiary alicyclic amines) is 1. The van der Waals surface area contributed by atoms with E-state index >= 15 is 0 Å². The summed E-state index contributed by atoms with van der Waals surface area (Å²) in [7, 11) is 0. The van der Waals surface area contributed by atoms with E-state index in [1.807, 2.05) is 19.1 Å². The van der Waals surface area contributed by atoms with Gasteiger partial charge in [-0.15, -0.1) is 0 Å². The van der Waals surface area contributed by atoms with Gasteiger partial charge in [-0.3, -0.25) is 9.59 Å². The number of aryl methyl sites for hydroxylation is 1. The number of piperazine rings is 1. The summed E-state index contributed by atoms with van der Waals surface area (Å²) in [6, 6.07) is 8.21. The van der Waals surface area contributed by atoms with Crippen LogP contribution in [0.25, 0.3) is 0 Å². The molecule has 0 saturated carbocycles. The molecule has 11 nitrogen and oxygen atoms in total.